The summed E-state index contributed by atoms with van der Waals surface area (Å²) in [5, 5.41) is 2.98. The number of hydrogen-bond acceptors (Lipinski definition) is 8. The van der Waals surface area contributed by atoms with Gasteiger partial charge in [0.1, 0.15) is 19.8 Å². The minimum atomic E-state index is -5.73. The number of alkyl halides is 9. The molecule has 17 heteroatoms. The van der Waals surface area contributed by atoms with Gasteiger partial charge in [0.05, 0.1) is 0 Å². The average Bonchev–Trinajstić information content (AvgIpc) is 2.54. The van der Waals surface area contributed by atoms with Crippen molar-refractivity contribution in [1.82, 2.24) is 0 Å². The molecule has 0 radical (unpaired) electrons. The zero-order valence-electron chi connectivity index (χ0n) is 13.9. The van der Waals surface area contributed by atoms with E-state index in [1.165, 1.54) is 0 Å². The van der Waals surface area contributed by atoms with Gasteiger partial charge in [0.15, 0.2) is 6.10 Å². The van der Waals surface area contributed by atoms with Crippen LogP contribution in [0.5, 0.6) is 0 Å². The molecule has 0 aliphatic carbocycles. The Labute approximate surface area is 154 Å². The minimum absolute atomic E-state index is 0.536. The predicted octanol–water partition coefficient (Wildman–Crippen LogP) is 2.06. The first kappa shape index (κ1) is 26.2. The van der Waals surface area contributed by atoms with Gasteiger partial charge in [-0.25, -0.2) is 14.4 Å². The predicted molar refractivity (Wildman–Crippen MR) is 69.0 cm³/mol. The van der Waals surface area contributed by atoms with E-state index in [0.717, 1.165) is 7.11 Å². The molecule has 0 heterocycles. The van der Waals surface area contributed by atoms with Crippen molar-refractivity contribution in [2.45, 2.75) is 37.2 Å². The molecule has 0 bridgehead atoms. The Morgan fingerprint density at radius 2 is 1.21 bits per heavy atom. The number of halogens is 9. The molecule has 0 aliphatic rings. The molecule has 8 nitrogen and oxygen atoms in total. The molecule has 29 heavy (non-hydrogen) atoms. The van der Waals surface area contributed by atoms with Crippen LogP contribution in [-0.2, 0) is 33.4 Å². The highest BCUT2D eigenvalue weighted by molar-refractivity contribution is 5.77. The van der Waals surface area contributed by atoms with Crippen LogP contribution in [-0.4, -0.2) is 68.6 Å². The van der Waals surface area contributed by atoms with E-state index in [4.69, 9.17) is 0 Å². The van der Waals surface area contributed by atoms with Crippen LogP contribution in [0, 0.1) is 0 Å². The van der Waals surface area contributed by atoms with Crippen molar-refractivity contribution in [3.8, 4) is 0 Å². The molecule has 0 aromatic heterocycles. The summed E-state index contributed by atoms with van der Waals surface area (Å²) in [5.41, 5.74) is 0. The van der Waals surface area contributed by atoms with Crippen molar-refractivity contribution < 1.29 is 72.9 Å². The van der Waals surface area contributed by atoms with E-state index in [9.17, 15) is 53.9 Å². The number of carbonyl (C=O) groups excluding carboxylic acids is 3. The zero-order valence-corrected chi connectivity index (χ0v) is 13.9. The number of oxime groups is 1. The van der Waals surface area contributed by atoms with Gasteiger partial charge in [0.25, 0.3) is 0 Å². The summed E-state index contributed by atoms with van der Waals surface area (Å²) < 4.78 is 121. The first-order valence-corrected chi connectivity index (χ1v) is 6.84. The molecule has 0 N–H and O–H groups in total. The Bertz CT molecular complexity index is 612. The first-order chi connectivity index (χ1) is 13.0. The fraction of sp³-hybridized carbons (Fsp3) is 0.667. The van der Waals surface area contributed by atoms with Crippen molar-refractivity contribution in [3.63, 3.8) is 0 Å². The smallest absolute Gasteiger partial charge is 0.455 e. The molecule has 2 atom stereocenters. The number of rotatable bonds is 8. The van der Waals surface area contributed by atoms with Crippen molar-refractivity contribution in [2.24, 2.45) is 5.16 Å². The van der Waals surface area contributed by atoms with Crippen LogP contribution in [0.25, 0.3) is 0 Å². The van der Waals surface area contributed by atoms with E-state index in [1.54, 1.807) is 0 Å². The lowest BCUT2D eigenvalue weighted by Gasteiger charge is -2.26. The van der Waals surface area contributed by atoms with E-state index in [-0.39, 0.29) is 0 Å². The second kappa shape index (κ2) is 10.1. The van der Waals surface area contributed by atoms with Gasteiger partial charge in [-0.15, -0.1) is 0 Å². The Kier molecular flexibility index (Phi) is 9.19. The Balaban J connectivity index is 5.70. The third-order valence-electron chi connectivity index (χ3n) is 2.52. The molecule has 2 unspecified atom stereocenters. The molecule has 0 amide bonds. The summed E-state index contributed by atoms with van der Waals surface area (Å²) in [4.78, 5) is 36.6. The van der Waals surface area contributed by atoms with Crippen LogP contribution in [0.1, 0.15) is 6.42 Å². The van der Waals surface area contributed by atoms with Crippen molar-refractivity contribution in [1.29, 1.82) is 0 Å². The van der Waals surface area contributed by atoms with Gasteiger partial charge < -0.3 is 19.0 Å². The molecule has 0 fully saturated rings. The van der Waals surface area contributed by atoms with E-state index >= 15 is 0 Å². The summed E-state index contributed by atoms with van der Waals surface area (Å²) in [7, 11) is 0.930. The largest absolute Gasteiger partial charge is 0.490 e. The average molecular weight is 451 g/mol. The maximum atomic E-state index is 12.3. The third-order valence-corrected chi connectivity index (χ3v) is 2.52. The number of carbonyl (C=O) groups is 3. The maximum absolute atomic E-state index is 12.3. The summed E-state index contributed by atoms with van der Waals surface area (Å²) in [6.07, 6.45) is -22.7. The Morgan fingerprint density at radius 3 is 1.59 bits per heavy atom. The topological polar surface area (TPSA) is 100 Å². The summed E-state index contributed by atoms with van der Waals surface area (Å²) in [6, 6.07) is 0. The van der Waals surface area contributed by atoms with E-state index < -0.39 is 61.7 Å². The number of esters is 3. The summed E-state index contributed by atoms with van der Waals surface area (Å²) in [6.45, 7) is -1.84. The second-order valence-corrected chi connectivity index (χ2v) is 4.69. The lowest BCUT2D eigenvalue weighted by Crippen LogP contribution is -2.44. The van der Waals surface area contributed by atoms with Gasteiger partial charge in [-0.3, -0.25) is 0 Å². The quantitative estimate of drug-likeness (QED) is 0.183. The highest BCUT2D eigenvalue weighted by Crippen LogP contribution is 2.24. The Hall–Kier alpha value is -2.75. The van der Waals surface area contributed by atoms with E-state index in [2.05, 4.69) is 24.2 Å². The number of nitrogens with zero attached hydrogens (tertiary/aromatic N) is 1. The van der Waals surface area contributed by atoms with Crippen LogP contribution in [0.3, 0.4) is 0 Å². The maximum Gasteiger partial charge on any atom is 0.490 e. The van der Waals surface area contributed by atoms with Gasteiger partial charge in [0, 0.05) is 12.6 Å². The van der Waals surface area contributed by atoms with Crippen LogP contribution in [0.4, 0.5) is 39.5 Å². The molecular formula is C12H10F9NO7. The summed E-state index contributed by atoms with van der Waals surface area (Å²) in [5.74, 6) is -9.01. The number of ether oxygens (including phenoxy) is 3. The summed E-state index contributed by atoms with van der Waals surface area (Å²) >= 11 is 0. The van der Waals surface area contributed by atoms with Gasteiger partial charge in [-0.05, 0) is 0 Å². The lowest BCUT2D eigenvalue weighted by molar-refractivity contribution is -0.227. The molecule has 0 rings (SSSR count). The van der Waals surface area contributed by atoms with Crippen LogP contribution < -0.4 is 0 Å². The molecule has 0 aromatic rings. The molecule has 0 aliphatic heterocycles. The molecule has 0 aromatic carbocycles. The monoisotopic (exact) mass is 451 g/mol. The Morgan fingerprint density at radius 1 is 0.793 bits per heavy atom. The SMILES string of the molecule is CON=CCC(OC(=O)C(F)(F)F)C(COC(=O)C(F)(F)F)OC(=O)C(F)(F)F. The third kappa shape index (κ3) is 9.84. The highest BCUT2D eigenvalue weighted by atomic mass is 19.4. The fourth-order valence-electron chi connectivity index (χ4n) is 1.36. The molecule has 0 spiro atoms. The fourth-order valence-corrected chi connectivity index (χ4v) is 1.36. The van der Waals surface area contributed by atoms with Crippen LogP contribution in [0.2, 0.25) is 0 Å². The highest BCUT2D eigenvalue weighted by Gasteiger charge is 2.48. The van der Waals surface area contributed by atoms with E-state index in [0.29, 0.717) is 6.21 Å². The van der Waals surface area contributed by atoms with Crippen LogP contribution in [0.15, 0.2) is 5.16 Å². The number of hydrogen-bond donors (Lipinski definition) is 0. The molecule has 0 saturated carbocycles. The van der Waals surface area contributed by atoms with Gasteiger partial charge in [-0.2, -0.15) is 39.5 Å². The molecule has 0 saturated heterocycles. The normalized spacial score (nSPS) is 14.8. The molecular weight excluding hydrogens is 441 g/mol. The zero-order chi connectivity index (χ0) is 23.0. The minimum Gasteiger partial charge on any atom is -0.455 e. The second-order valence-electron chi connectivity index (χ2n) is 4.69. The van der Waals surface area contributed by atoms with Crippen molar-refractivity contribution in [2.75, 3.05) is 13.7 Å². The molecule has 168 valence electrons. The first-order valence-electron chi connectivity index (χ1n) is 6.84. The van der Waals surface area contributed by atoms with Crippen LogP contribution >= 0.6 is 0 Å². The van der Waals surface area contributed by atoms with Gasteiger partial charge in [0.2, 0.25) is 0 Å². The standard InChI is InChI=1S/C12H10F9NO7/c1-26-22-3-2-5(28-8(24)11(16,17)18)6(29-9(25)12(19,20)21)4-27-7(23)10(13,14)15/h3,5-6H,2,4H2,1H3. The van der Waals surface area contributed by atoms with Crippen molar-refractivity contribution in [3.05, 3.63) is 0 Å². The van der Waals surface area contributed by atoms with Gasteiger partial charge >= 0.3 is 36.4 Å². The van der Waals surface area contributed by atoms with Crippen molar-refractivity contribution >= 4 is 24.1 Å². The lowest BCUT2D eigenvalue weighted by atomic mass is 10.1. The van der Waals surface area contributed by atoms with E-state index in [1.807, 2.05) is 0 Å². The van der Waals surface area contributed by atoms with Gasteiger partial charge in [-0.1, -0.05) is 5.16 Å².